The first-order valence-corrected chi connectivity index (χ1v) is 33.8. The number of amides is 1. The number of benzene rings is 1. The number of methoxy groups -OCH3 is 5. The van der Waals surface area contributed by atoms with Crippen LogP contribution < -0.4 is 30.3 Å². The largest absolute Gasteiger partial charge is 0.492 e. The van der Waals surface area contributed by atoms with Gasteiger partial charge in [0.05, 0.1) is 97.0 Å². The Balaban J connectivity index is 1.04. The van der Waals surface area contributed by atoms with Crippen LogP contribution in [0.3, 0.4) is 0 Å². The number of likely N-dealkylation sites (N-methyl/N-ethyl adjacent to an activating group) is 1. The minimum atomic E-state index is -2.04. The second-order valence-corrected chi connectivity index (χ2v) is 27.3. The van der Waals surface area contributed by atoms with Gasteiger partial charge in [0, 0.05) is 49.2 Å². The zero-order valence-electron chi connectivity index (χ0n) is 50.9. The minimum Gasteiger partial charge on any atom is -0.492 e. The molecule has 28 heteroatoms. The first kappa shape index (κ1) is 70.7. The molecule has 7 aliphatic rings. The number of Topliss-reactive ketones (excluding diaryl/α,β-unsaturated/α-hetero) is 1. The van der Waals surface area contributed by atoms with E-state index in [1.165, 1.54) is 39.9 Å². The van der Waals surface area contributed by atoms with Crippen LogP contribution in [0.4, 0.5) is 4.79 Å². The number of alkyl carbamates (subject to hydrolysis) is 1. The highest BCUT2D eigenvalue weighted by atomic mass is 127. The zero-order valence-corrected chi connectivity index (χ0v) is 55.6. The number of aliphatic hydroxyl groups is 6. The summed E-state index contributed by atoms with van der Waals surface area (Å²) >= 11 is 2.29. The second-order valence-electron chi connectivity index (χ2n) is 22.3. The Labute approximate surface area is 538 Å². The molecule has 5 fully saturated rings. The molecule has 0 aromatic heterocycles. The van der Waals surface area contributed by atoms with Crippen LogP contribution in [-0.2, 0) is 52.3 Å². The molecule has 0 radical (unpaired) electrons. The van der Waals surface area contributed by atoms with Gasteiger partial charge in [0.15, 0.2) is 41.8 Å². The molecule has 1 saturated carbocycles. The van der Waals surface area contributed by atoms with Gasteiger partial charge in [-0.25, -0.2) is 4.79 Å². The molecule has 8 rings (SSSR count). The van der Waals surface area contributed by atoms with Crippen LogP contribution in [0.25, 0.3) is 0 Å². The van der Waals surface area contributed by atoms with Gasteiger partial charge in [0.1, 0.15) is 41.7 Å². The number of carbonyl (C=O) groups excluding carboxylic acids is 2. The molecule has 3 aliphatic carbocycles. The van der Waals surface area contributed by atoms with Gasteiger partial charge in [0.2, 0.25) is 12.0 Å². The van der Waals surface area contributed by atoms with Crippen molar-refractivity contribution in [1.29, 1.82) is 0 Å². The van der Waals surface area contributed by atoms with Crippen molar-refractivity contribution >= 4 is 72.5 Å². The molecule has 1 aromatic carbocycles. The third kappa shape index (κ3) is 16.4. The van der Waals surface area contributed by atoms with Crippen LogP contribution in [-0.4, -0.2) is 223 Å². The third-order valence-electron chi connectivity index (χ3n) is 16.5. The van der Waals surface area contributed by atoms with Gasteiger partial charge in [-0.05, 0) is 87.4 Å². The number of hydrogen-bond donors (Lipinski definition) is 10. The lowest BCUT2D eigenvalue weighted by molar-refractivity contribution is -0.336. The normalized spacial score (nSPS) is 36.1. The lowest BCUT2D eigenvalue weighted by atomic mass is 9.75. The lowest BCUT2D eigenvalue weighted by Crippen LogP contribution is -2.65. The topological polar surface area (TPSA) is 312 Å². The molecule has 1 amide bonds. The minimum absolute atomic E-state index is 0.0159. The highest BCUT2D eigenvalue weighted by Crippen LogP contribution is 2.48. The molecule has 4 aliphatic heterocycles. The van der Waals surface area contributed by atoms with Crippen molar-refractivity contribution in [1.82, 2.24) is 16.1 Å². The van der Waals surface area contributed by atoms with Gasteiger partial charge in [-0.15, -0.1) is 0 Å². The number of fused-ring (bicyclic) bond motifs is 2. The molecule has 88 heavy (non-hydrogen) atoms. The summed E-state index contributed by atoms with van der Waals surface area (Å²) in [5.74, 6) is 11.7. The standard InChI is InChI=1S/C60H84IN3O21S3/c1-11-62-35-28-78-40(26-39(35)73-6)83-53-48(68)45(30(3)80-58(53)82-38-21-17-12-13-18-23-60(72)27-37(66)46(63-59(71)77-10)43(38)34(60)22-24-86-88-33-19-15-14-16-20-33)64-85-41-25-36(65)55(32(5)79-41)87-56(70)42-29(2)44(61)51(54(76-9)50(42)74-7)84-57-49(69)52(75-8)47(67)31(4)81-57/h12-13,22,30-33,35-36,38-41,45,47-49,52-53,55,57-58,62,64-65,67-70,72,87H,11,14-16,19-20,24-28H2,1-10H3,(H,63,71)/b13-12?,34-22+/t30-,31+,32-,35+,36+,38+,39+,40+,41+,45-,47+,48+,49-,52-,53-,55-,57+,58+,60+/m1/s1. The van der Waals surface area contributed by atoms with E-state index in [0.717, 1.165) is 32.8 Å². The molecule has 0 unspecified atom stereocenters. The molecule has 0 spiro atoms. The average molecular weight is 1410 g/mol. The van der Waals surface area contributed by atoms with Gasteiger partial charge in [-0.3, -0.25) is 14.9 Å². The van der Waals surface area contributed by atoms with E-state index in [-0.39, 0.29) is 87.7 Å². The number of nitrogens with one attached hydrogen (secondary N) is 3. The maximum Gasteiger partial charge on any atom is 0.411 e. The second kappa shape index (κ2) is 32.6. The number of aliphatic hydroxyl groups excluding tert-OH is 5. The predicted octanol–water partition coefficient (Wildman–Crippen LogP) is 3.88. The van der Waals surface area contributed by atoms with E-state index in [1.54, 1.807) is 62.5 Å². The van der Waals surface area contributed by atoms with Crippen LogP contribution in [0.1, 0.15) is 90.2 Å². The van der Waals surface area contributed by atoms with Crippen molar-refractivity contribution < 1.29 is 102 Å². The fourth-order valence-electron chi connectivity index (χ4n) is 11.8. The number of allylic oxidation sites excluding steroid dienone is 3. The Morgan fingerprint density at radius 2 is 1.60 bits per heavy atom. The molecule has 4 heterocycles. The van der Waals surface area contributed by atoms with Gasteiger partial charge in [-0.1, -0.05) is 77.5 Å². The lowest BCUT2D eigenvalue weighted by Gasteiger charge is -2.46. The fraction of sp³-hybridized carbons (Fsp3) is 0.683. The van der Waals surface area contributed by atoms with Crippen LogP contribution in [0.2, 0.25) is 0 Å². The smallest absolute Gasteiger partial charge is 0.411 e. The molecule has 1 aromatic rings. The van der Waals surface area contributed by atoms with Crippen molar-refractivity contribution in [2.75, 3.05) is 54.5 Å². The number of halogens is 1. The number of hydroxylamine groups is 1. The van der Waals surface area contributed by atoms with Crippen molar-refractivity contribution in [2.24, 2.45) is 0 Å². The Bertz CT molecular complexity index is 2850. The van der Waals surface area contributed by atoms with Crippen LogP contribution >= 0.6 is 55.5 Å². The van der Waals surface area contributed by atoms with E-state index in [0.29, 0.717) is 26.7 Å². The third-order valence-corrected chi connectivity index (χ3v) is 22.1. The Kier molecular flexibility index (Phi) is 26.2. The van der Waals surface area contributed by atoms with E-state index in [1.807, 2.05) is 29.5 Å². The van der Waals surface area contributed by atoms with Crippen molar-refractivity contribution in [2.45, 2.75) is 206 Å². The Hall–Kier alpha value is -3.13. The maximum absolute atomic E-state index is 14.3. The molecule has 2 bridgehead atoms. The molecule has 9 N–H and O–H groups in total. The quantitative estimate of drug-likeness (QED) is 0.0150. The van der Waals surface area contributed by atoms with Gasteiger partial charge < -0.3 is 92.8 Å². The summed E-state index contributed by atoms with van der Waals surface area (Å²) in [5, 5.41) is 76.1. The van der Waals surface area contributed by atoms with E-state index in [9.17, 15) is 40.2 Å². The van der Waals surface area contributed by atoms with Crippen LogP contribution in [0.15, 0.2) is 35.1 Å². The summed E-state index contributed by atoms with van der Waals surface area (Å²) in [6, 6.07) is -1.24. The van der Waals surface area contributed by atoms with Gasteiger partial charge >= 0.3 is 6.09 Å². The Morgan fingerprint density at radius 1 is 0.875 bits per heavy atom. The van der Waals surface area contributed by atoms with Gasteiger partial charge in [0.25, 0.3) is 0 Å². The first-order chi connectivity index (χ1) is 42.2. The molecule has 4 saturated heterocycles. The van der Waals surface area contributed by atoms with Crippen molar-refractivity contribution in [3.05, 3.63) is 49.8 Å². The van der Waals surface area contributed by atoms with Gasteiger partial charge in [-0.2, -0.15) is 16.8 Å². The predicted molar refractivity (Wildman–Crippen MR) is 337 cm³/mol. The molecule has 24 nitrogen and oxygen atoms in total. The average Bonchev–Trinajstić information content (AvgIpc) is 2.97. The number of ketones is 1. The zero-order chi connectivity index (χ0) is 63.6. The number of rotatable bonds is 22. The van der Waals surface area contributed by atoms with Crippen LogP contribution in [0, 0.1) is 34.2 Å². The van der Waals surface area contributed by atoms with Crippen molar-refractivity contribution in [3.8, 4) is 40.9 Å². The number of ether oxygens (including phenoxy) is 12. The Morgan fingerprint density at radius 3 is 2.28 bits per heavy atom. The van der Waals surface area contributed by atoms with Crippen LogP contribution in [0.5, 0.6) is 17.2 Å². The summed E-state index contributed by atoms with van der Waals surface area (Å²) in [6.07, 6.45) is -7.53. The van der Waals surface area contributed by atoms with Crippen molar-refractivity contribution in [3.63, 3.8) is 0 Å². The molecular formula is C60H84IN3O21S3. The van der Waals surface area contributed by atoms with E-state index in [4.69, 9.17) is 61.7 Å². The number of hydrogen-bond acceptors (Lipinski definition) is 24. The molecule has 490 valence electrons. The fourth-order valence-corrected chi connectivity index (χ4v) is 16.3. The number of thiol groups is 1. The summed E-state index contributed by atoms with van der Waals surface area (Å²) in [4.78, 5) is 33.5. The van der Waals surface area contributed by atoms with E-state index in [2.05, 4.69) is 39.8 Å². The summed E-state index contributed by atoms with van der Waals surface area (Å²) in [7, 11) is 10.3. The molecule has 19 atom stereocenters. The highest BCUT2D eigenvalue weighted by molar-refractivity contribution is 14.1. The summed E-state index contributed by atoms with van der Waals surface area (Å²) in [5.41, 5.74) is 1.66. The monoisotopic (exact) mass is 1410 g/mol. The molecular weight excluding hydrogens is 1320 g/mol. The summed E-state index contributed by atoms with van der Waals surface area (Å²) < 4.78 is 73.2. The van der Waals surface area contributed by atoms with E-state index < -0.39 is 121 Å². The van der Waals surface area contributed by atoms with E-state index >= 15 is 0 Å². The summed E-state index contributed by atoms with van der Waals surface area (Å²) in [6.45, 7) is 9.57. The number of carbonyl (C=O) groups is 2. The maximum atomic E-state index is 14.3. The highest BCUT2D eigenvalue weighted by Gasteiger charge is 2.52. The first-order valence-electron chi connectivity index (χ1n) is 29.4. The SMILES string of the molecule is CCN[C@H]1CO[C@@H](O[C@H]2[C@H](O[C@H]3C#CC=CC#C[C@]4(O)CC(=O)C(NC(=O)OC)=C3/C4=C\CSSC3CCCCC3)O[C@H](C)[C@@H](NO[C@H]3C[C@H](O)[C@H]([SH]=C(O)c4c(C)c(I)c(O[C@@H]5O[C@@H](C)[C@H](O)[C@@H](OC)[C@H]5O)c(OC)c4OC)[C@@H](C)O3)[C@@H]2O)C[C@@H]1OC.